The van der Waals surface area contributed by atoms with Crippen molar-refractivity contribution in [3.63, 3.8) is 0 Å². The van der Waals surface area contributed by atoms with Gasteiger partial charge in [-0.25, -0.2) is 8.42 Å². The Hall–Kier alpha value is -2.71. The molecular formula is C23H26N2O4S2. The number of furan rings is 1. The lowest BCUT2D eigenvalue weighted by Gasteiger charge is -2.26. The Bertz CT molecular complexity index is 1100. The largest absolute Gasteiger partial charge is 0.468 e. The molecule has 0 saturated heterocycles. The number of benzene rings is 2. The van der Waals surface area contributed by atoms with Gasteiger partial charge in [0.25, 0.3) is 10.0 Å². The number of thioether (sulfide) groups is 1. The predicted octanol–water partition coefficient (Wildman–Crippen LogP) is 4.14. The summed E-state index contributed by atoms with van der Waals surface area (Å²) in [7, 11) is -3.90. The summed E-state index contributed by atoms with van der Waals surface area (Å²) in [6, 6.07) is 17.4. The van der Waals surface area contributed by atoms with Crippen molar-refractivity contribution in [1.29, 1.82) is 0 Å². The third-order valence-corrected chi connectivity index (χ3v) is 7.61. The van der Waals surface area contributed by atoms with E-state index in [-0.39, 0.29) is 17.3 Å². The van der Waals surface area contributed by atoms with Gasteiger partial charge in [0.15, 0.2) is 0 Å². The van der Waals surface area contributed by atoms with Gasteiger partial charge in [-0.1, -0.05) is 30.3 Å². The summed E-state index contributed by atoms with van der Waals surface area (Å²) >= 11 is 1.63. The summed E-state index contributed by atoms with van der Waals surface area (Å²) in [6.07, 6.45) is 1.63. The molecule has 3 aromatic rings. The van der Waals surface area contributed by atoms with Crippen LogP contribution in [0.2, 0.25) is 0 Å². The van der Waals surface area contributed by atoms with E-state index >= 15 is 0 Å². The molecule has 0 aliphatic rings. The molecule has 0 bridgehead atoms. The highest BCUT2D eigenvalue weighted by atomic mass is 32.2. The van der Waals surface area contributed by atoms with Crippen LogP contribution in [0.15, 0.2) is 76.2 Å². The number of aryl methyl sites for hydroxylation is 1. The summed E-state index contributed by atoms with van der Waals surface area (Å²) in [5, 5.41) is 2.82. The number of sulfonamides is 1. The second-order valence-corrected chi connectivity index (χ2v) is 9.99. The monoisotopic (exact) mass is 458 g/mol. The highest BCUT2D eigenvalue weighted by Gasteiger charge is 2.28. The summed E-state index contributed by atoms with van der Waals surface area (Å²) in [5.74, 6) is 1.95. The fraction of sp³-hybridized carbons (Fsp3) is 0.261. The maximum Gasteiger partial charge on any atom is 0.264 e. The maximum absolute atomic E-state index is 13.4. The van der Waals surface area contributed by atoms with Gasteiger partial charge in [0, 0.05) is 12.3 Å². The second kappa shape index (κ2) is 10.5. The van der Waals surface area contributed by atoms with Crippen LogP contribution < -0.4 is 9.62 Å². The molecule has 0 fully saturated rings. The van der Waals surface area contributed by atoms with Crippen LogP contribution in [-0.4, -0.2) is 33.2 Å². The quantitative estimate of drug-likeness (QED) is 0.462. The first kappa shape index (κ1) is 23.0. The molecule has 0 spiro atoms. The van der Waals surface area contributed by atoms with Gasteiger partial charge >= 0.3 is 0 Å². The highest BCUT2D eigenvalue weighted by molar-refractivity contribution is 7.98. The molecule has 1 amide bonds. The minimum absolute atomic E-state index is 0.151. The number of hydrogen-bond acceptors (Lipinski definition) is 5. The van der Waals surface area contributed by atoms with Crippen molar-refractivity contribution in [3.8, 4) is 0 Å². The topological polar surface area (TPSA) is 79.6 Å². The standard InChI is InChI=1S/C23H26N2O4S2/c1-18-8-6-12-22(19(18)2)25(31(27,28)21-10-4-3-5-11-21)16-23(26)24-13-15-30-17-20-9-7-14-29-20/h3-12,14H,13,15-17H2,1-2H3,(H,24,26). The molecule has 0 saturated carbocycles. The average molecular weight is 459 g/mol. The number of rotatable bonds is 10. The summed E-state index contributed by atoms with van der Waals surface area (Å²) in [5.41, 5.74) is 2.29. The molecule has 0 atom stereocenters. The first-order valence-corrected chi connectivity index (χ1v) is 12.5. The zero-order valence-corrected chi connectivity index (χ0v) is 19.2. The Labute approximate surface area is 187 Å². The SMILES string of the molecule is Cc1cccc(N(CC(=O)NCCSCc2ccco2)S(=O)(=O)c2ccccc2)c1C. The van der Waals surface area contributed by atoms with Gasteiger partial charge in [0.1, 0.15) is 12.3 Å². The van der Waals surface area contributed by atoms with Crippen molar-refractivity contribution in [2.75, 3.05) is 23.1 Å². The zero-order chi connectivity index (χ0) is 22.3. The fourth-order valence-corrected chi connectivity index (χ4v) is 5.30. The number of nitrogens with one attached hydrogen (secondary N) is 1. The van der Waals surface area contributed by atoms with Crippen LogP contribution in [-0.2, 0) is 20.6 Å². The van der Waals surface area contributed by atoms with E-state index in [0.29, 0.717) is 18.0 Å². The number of carbonyl (C=O) groups is 1. The first-order chi connectivity index (χ1) is 14.9. The average Bonchev–Trinajstić information content (AvgIpc) is 3.28. The number of hydrogen-bond donors (Lipinski definition) is 1. The molecule has 31 heavy (non-hydrogen) atoms. The predicted molar refractivity (Wildman–Crippen MR) is 125 cm³/mol. The van der Waals surface area contributed by atoms with E-state index in [4.69, 9.17) is 4.42 Å². The van der Waals surface area contributed by atoms with E-state index in [9.17, 15) is 13.2 Å². The van der Waals surface area contributed by atoms with Gasteiger partial charge in [-0.3, -0.25) is 9.10 Å². The van der Waals surface area contributed by atoms with Crippen molar-refractivity contribution < 1.29 is 17.6 Å². The van der Waals surface area contributed by atoms with Crippen molar-refractivity contribution in [2.24, 2.45) is 0 Å². The molecule has 0 aliphatic heterocycles. The number of nitrogens with zero attached hydrogens (tertiary/aromatic N) is 1. The molecule has 1 heterocycles. The van der Waals surface area contributed by atoms with Crippen molar-refractivity contribution >= 4 is 33.4 Å². The van der Waals surface area contributed by atoms with Gasteiger partial charge in [-0.05, 0) is 55.3 Å². The number of anilines is 1. The van der Waals surface area contributed by atoms with E-state index in [1.807, 2.05) is 32.0 Å². The molecule has 1 N–H and O–H groups in total. The molecular weight excluding hydrogens is 432 g/mol. The Balaban J connectivity index is 1.71. The molecule has 0 aliphatic carbocycles. The number of amides is 1. The summed E-state index contributed by atoms with van der Waals surface area (Å²) < 4.78 is 33.2. The van der Waals surface area contributed by atoms with E-state index < -0.39 is 10.0 Å². The van der Waals surface area contributed by atoms with Crippen LogP contribution in [0.25, 0.3) is 0 Å². The van der Waals surface area contributed by atoms with Gasteiger partial charge in [-0.15, -0.1) is 0 Å². The molecule has 6 nitrogen and oxygen atoms in total. The van der Waals surface area contributed by atoms with Crippen LogP contribution in [0, 0.1) is 13.8 Å². The van der Waals surface area contributed by atoms with Crippen LogP contribution in [0.1, 0.15) is 16.9 Å². The Morgan fingerprint density at radius 3 is 2.52 bits per heavy atom. The molecule has 8 heteroatoms. The van der Waals surface area contributed by atoms with Crippen LogP contribution in [0.4, 0.5) is 5.69 Å². The molecule has 1 aromatic heterocycles. The molecule has 0 radical (unpaired) electrons. The van der Waals surface area contributed by atoms with E-state index in [1.165, 1.54) is 16.4 Å². The summed E-state index contributed by atoms with van der Waals surface area (Å²) in [6.45, 7) is 3.93. The fourth-order valence-electron chi connectivity index (χ4n) is 3.04. The Kier molecular flexibility index (Phi) is 7.81. The lowest BCUT2D eigenvalue weighted by Crippen LogP contribution is -2.41. The van der Waals surface area contributed by atoms with Crippen LogP contribution >= 0.6 is 11.8 Å². The molecule has 3 rings (SSSR count). The normalized spacial score (nSPS) is 11.3. The lowest BCUT2D eigenvalue weighted by atomic mass is 10.1. The Morgan fingerprint density at radius 2 is 1.81 bits per heavy atom. The minimum atomic E-state index is -3.90. The first-order valence-electron chi connectivity index (χ1n) is 9.90. The molecule has 0 unspecified atom stereocenters. The van der Waals surface area contributed by atoms with Gasteiger partial charge in [-0.2, -0.15) is 11.8 Å². The third kappa shape index (κ3) is 5.92. The highest BCUT2D eigenvalue weighted by Crippen LogP contribution is 2.28. The van der Waals surface area contributed by atoms with Crippen LogP contribution in [0.3, 0.4) is 0 Å². The van der Waals surface area contributed by atoms with Crippen molar-refractivity contribution in [2.45, 2.75) is 24.5 Å². The smallest absolute Gasteiger partial charge is 0.264 e. The van der Waals surface area contributed by atoms with E-state index in [2.05, 4.69) is 5.32 Å². The van der Waals surface area contributed by atoms with Crippen molar-refractivity contribution in [1.82, 2.24) is 5.32 Å². The van der Waals surface area contributed by atoms with Crippen molar-refractivity contribution in [3.05, 3.63) is 83.8 Å². The molecule has 2 aromatic carbocycles. The van der Waals surface area contributed by atoms with Gasteiger partial charge in [0.05, 0.1) is 22.6 Å². The van der Waals surface area contributed by atoms with E-state index in [0.717, 1.165) is 22.6 Å². The zero-order valence-electron chi connectivity index (χ0n) is 17.6. The minimum Gasteiger partial charge on any atom is -0.468 e. The van der Waals surface area contributed by atoms with E-state index in [1.54, 1.807) is 48.4 Å². The summed E-state index contributed by atoms with van der Waals surface area (Å²) in [4.78, 5) is 12.8. The van der Waals surface area contributed by atoms with Gasteiger partial charge < -0.3 is 9.73 Å². The van der Waals surface area contributed by atoms with Crippen LogP contribution in [0.5, 0.6) is 0 Å². The Morgan fingerprint density at radius 1 is 1.03 bits per heavy atom. The maximum atomic E-state index is 13.4. The number of carbonyl (C=O) groups excluding carboxylic acids is 1. The molecule has 164 valence electrons. The van der Waals surface area contributed by atoms with Gasteiger partial charge in [0.2, 0.25) is 5.91 Å². The third-order valence-electron chi connectivity index (χ3n) is 4.86. The lowest BCUT2D eigenvalue weighted by molar-refractivity contribution is -0.119. The second-order valence-electron chi connectivity index (χ2n) is 7.03.